The number of hydrogen-bond donors (Lipinski definition) is 1. The second kappa shape index (κ2) is 7.35. The Labute approximate surface area is 165 Å². The van der Waals surface area contributed by atoms with Crippen LogP contribution in [0.15, 0.2) is 0 Å². The Morgan fingerprint density at radius 3 is 2.56 bits per heavy atom. The summed E-state index contributed by atoms with van der Waals surface area (Å²) in [5, 5.41) is 9.79. The molecule has 8 atom stereocenters. The fraction of sp³-hybridized carbons (Fsp3) is 0.958. The molecule has 4 aliphatic rings. The molecule has 0 amide bonds. The van der Waals surface area contributed by atoms with E-state index in [1.807, 2.05) is 0 Å². The van der Waals surface area contributed by atoms with E-state index in [1.54, 1.807) is 0 Å². The first-order valence-electron chi connectivity index (χ1n) is 11.8. The fourth-order valence-electron chi connectivity index (χ4n) is 8.69. The maximum atomic E-state index is 11.9. The van der Waals surface area contributed by atoms with Crippen LogP contribution in [0.25, 0.3) is 0 Å². The Kier molecular flexibility index (Phi) is 5.37. The van der Waals surface area contributed by atoms with E-state index in [9.17, 15) is 9.90 Å². The molecule has 8 unspecified atom stereocenters. The topological polar surface area (TPSA) is 46.5 Å². The number of rotatable bonds is 5. The van der Waals surface area contributed by atoms with E-state index in [0.717, 1.165) is 56.1 Å². The second-order valence-corrected chi connectivity index (χ2v) is 10.6. The minimum atomic E-state index is -0.534. The Balaban J connectivity index is 1.55. The Morgan fingerprint density at radius 1 is 1.04 bits per heavy atom. The van der Waals surface area contributed by atoms with Crippen molar-refractivity contribution in [3.05, 3.63) is 0 Å². The van der Waals surface area contributed by atoms with Gasteiger partial charge in [-0.25, -0.2) is 0 Å². The van der Waals surface area contributed by atoms with Crippen LogP contribution in [0.4, 0.5) is 0 Å². The molecule has 154 valence electrons. The lowest BCUT2D eigenvalue weighted by Gasteiger charge is -2.62. The molecular weight excluding hydrogens is 336 g/mol. The number of fused-ring (bicyclic) bond motifs is 5. The molecule has 0 radical (unpaired) electrons. The average molecular weight is 377 g/mol. The van der Waals surface area contributed by atoms with Crippen molar-refractivity contribution in [3.8, 4) is 0 Å². The van der Waals surface area contributed by atoms with Gasteiger partial charge in [-0.15, -0.1) is 0 Å². The minimum Gasteiger partial charge on any atom is -0.481 e. The van der Waals surface area contributed by atoms with E-state index >= 15 is 0 Å². The maximum Gasteiger partial charge on any atom is 0.307 e. The zero-order valence-electron chi connectivity index (χ0n) is 17.7. The number of aliphatic carboxylic acids is 1. The van der Waals surface area contributed by atoms with E-state index in [-0.39, 0.29) is 11.3 Å². The molecule has 0 aromatic carbocycles. The lowest BCUT2D eigenvalue weighted by Crippen LogP contribution is -2.55. The monoisotopic (exact) mass is 376 g/mol. The summed E-state index contributed by atoms with van der Waals surface area (Å²) in [7, 11) is 0. The molecule has 0 bridgehead atoms. The molecular formula is C24H40O3. The van der Waals surface area contributed by atoms with E-state index in [1.165, 1.54) is 44.9 Å². The summed E-state index contributed by atoms with van der Waals surface area (Å²) in [5.74, 6) is 3.30. The first-order valence-corrected chi connectivity index (χ1v) is 11.8. The van der Waals surface area contributed by atoms with E-state index < -0.39 is 5.97 Å². The van der Waals surface area contributed by atoms with Gasteiger partial charge in [-0.1, -0.05) is 13.8 Å². The van der Waals surface area contributed by atoms with Crippen molar-refractivity contribution < 1.29 is 14.6 Å². The van der Waals surface area contributed by atoms with Crippen LogP contribution < -0.4 is 0 Å². The molecule has 4 saturated carbocycles. The standard InChI is InChI=1S/C24H40O3/c1-4-24-13-10-16(15-27-5-2)14-17(24)6-7-18-19-8-9-21(22(25)26)23(19,3)12-11-20(18)24/h16-21H,4-15H2,1-3H3,(H,25,26). The second-order valence-electron chi connectivity index (χ2n) is 10.6. The third-order valence-corrected chi connectivity index (χ3v) is 9.99. The largest absolute Gasteiger partial charge is 0.481 e. The normalized spacial score (nSPS) is 49.1. The Hall–Kier alpha value is -0.570. The maximum absolute atomic E-state index is 11.9. The van der Waals surface area contributed by atoms with Gasteiger partial charge in [-0.2, -0.15) is 0 Å². The van der Waals surface area contributed by atoms with Crippen LogP contribution >= 0.6 is 0 Å². The van der Waals surface area contributed by atoms with Crippen molar-refractivity contribution in [2.75, 3.05) is 13.2 Å². The Morgan fingerprint density at radius 2 is 1.85 bits per heavy atom. The highest BCUT2D eigenvalue weighted by molar-refractivity contribution is 5.71. The molecule has 3 nitrogen and oxygen atoms in total. The number of carbonyl (C=O) groups is 1. The van der Waals surface area contributed by atoms with Crippen LogP contribution in [0.3, 0.4) is 0 Å². The van der Waals surface area contributed by atoms with Crippen molar-refractivity contribution in [2.45, 2.75) is 85.0 Å². The van der Waals surface area contributed by atoms with Crippen molar-refractivity contribution in [1.82, 2.24) is 0 Å². The van der Waals surface area contributed by atoms with Crippen LogP contribution in [-0.4, -0.2) is 24.3 Å². The predicted molar refractivity (Wildman–Crippen MR) is 107 cm³/mol. The van der Waals surface area contributed by atoms with Gasteiger partial charge >= 0.3 is 5.97 Å². The van der Waals surface area contributed by atoms with E-state index in [2.05, 4.69) is 20.8 Å². The summed E-state index contributed by atoms with van der Waals surface area (Å²) in [5.41, 5.74) is 0.592. The molecule has 1 N–H and O–H groups in total. The van der Waals surface area contributed by atoms with Crippen molar-refractivity contribution >= 4 is 5.97 Å². The summed E-state index contributed by atoms with van der Waals surface area (Å²) in [6, 6.07) is 0. The zero-order valence-corrected chi connectivity index (χ0v) is 17.7. The predicted octanol–water partition coefficient (Wildman–Crippen LogP) is 5.77. The Bertz CT molecular complexity index is 560. The molecule has 0 saturated heterocycles. The van der Waals surface area contributed by atoms with E-state index in [4.69, 9.17) is 4.74 Å². The van der Waals surface area contributed by atoms with Crippen LogP contribution in [0.2, 0.25) is 0 Å². The molecule has 0 aliphatic heterocycles. The quantitative estimate of drug-likeness (QED) is 0.662. The highest BCUT2D eigenvalue weighted by atomic mass is 16.5. The number of hydrogen-bond acceptors (Lipinski definition) is 2. The van der Waals surface area contributed by atoms with Crippen molar-refractivity contribution in [2.24, 2.45) is 46.3 Å². The van der Waals surface area contributed by atoms with Gasteiger partial charge in [-0.05, 0) is 112 Å². The first-order chi connectivity index (χ1) is 13.0. The van der Waals surface area contributed by atoms with Gasteiger partial charge in [0.25, 0.3) is 0 Å². The van der Waals surface area contributed by atoms with Crippen molar-refractivity contribution in [3.63, 3.8) is 0 Å². The third kappa shape index (κ3) is 2.98. The van der Waals surface area contributed by atoms with E-state index in [0.29, 0.717) is 11.3 Å². The first kappa shape index (κ1) is 19.7. The molecule has 3 heteroatoms. The minimum absolute atomic E-state index is 0.0565. The SMILES string of the molecule is CCOCC1CCC2(CC)C(CCC3C4CCC(C(=O)O)C4(C)CCC32)C1. The number of carboxylic acid groups (broad SMARTS) is 1. The van der Waals surface area contributed by atoms with Crippen LogP contribution in [0, 0.1) is 46.3 Å². The molecule has 0 aromatic heterocycles. The average Bonchev–Trinajstić information content (AvgIpc) is 3.03. The van der Waals surface area contributed by atoms with Gasteiger partial charge in [0.1, 0.15) is 0 Å². The molecule has 4 aliphatic carbocycles. The fourth-order valence-corrected chi connectivity index (χ4v) is 8.69. The summed E-state index contributed by atoms with van der Waals surface area (Å²) < 4.78 is 5.77. The molecule has 4 rings (SSSR count). The van der Waals surface area contributed by atoms with Gasteiger partial charge in [0.05, 0.1) is 5.92 Å². The van der Waals surface area contributed by atoms with Crippen molar-refractivity contribution in [1.29, 1.82) is 0 Å². The highest BCUT2D eigenvalue weighted by Crippen LogP contribution is 2.68. The zero-order chi connectivity index (χ0) is 19.2. The van der Waals surface area contributed by atoms with Gasteiger partial charge in [0, 0.05) is 13.2 Å². The van der Waals surface area contributed by atoms with Gasteiger partial charge in [0.15, 0.2) is 0 Å². The summed E-state index contributed by atoms with van der Waals surface area (Å²) in [4.78, 5) is 11.9. The third-order valence-electron chi connectivity index (χ3n) is 9.99. The van der Waals surface area contributed by atoms with Crippen LogP contribution in [0.5, 0.6) is 0 Å². The molecule has 0 heterocycles. The van der Waals surface area contributed by atoms with Crippen LogP contribution in [-0.2, 0) is 9.53 Å². The number of carboxylic acids is 1. The summed E-state index contributed by atoms with van der Waals surface area (Å²) in [6.07, 6.45) is 12.7. The highest BCUT2D eigenvalue weighted by Gasteiger charge is 2.62. The molecule has 0 aromatic rings. The summed E-state index contributed by atoms with van der Waals surface area (Å²) >= 11 is 0. The van der Waals surface area contributed by atoms with Crippen LogP contribution in [0.1, 0.15) is 85.0 Å². The van der Waals surface area contributed by atoms with Gasteiger partial charge < -0.3 is 9.84 Å². The molecule has 27 heavy (non-hydrogen) atoms. The van der Waals surface area contributed by atoms with Gasteiger partial charge in [0.2, 0.25) is 0 Å². The lowest BCUT2D eigenvalue weighted by molar-refractivity contribution is -0.155. The lowest BCUT2D eigenvalue weighted by atomic mass is 9.43. The molecule has 4 fully saturated rings. The molecule has 0 spiro atoms. The van der Waals surface area contributed by atoms with Gasteiger partial charge in [-0.3, -0.25) is 4.79 Å². The summed E-state index contributed by atoms with van der Waals surface area (Å²) in [6.45, 7) is 8.68. The smallest absolute Gasteiger partial charge is 0.307 e. The number of ether oxygens (including phenoxy) is 1.